The second kappa shape index (κ2) is 5.32. The zero-order valence-electron chi connectivity index (χ0n) is 8.45. The standard InChI is InChI=1S/C9H17N3S/c1-8(9-6-10-7-13-9)11-4-5-12(2)3/h6-8,11H,4-5H2,1-3H3. The predicted octanol–water partition coefficient (Wildman–Crippen LogP) is 1.36. The third-order valence-corrected chi connectivity index (χ3v) is 2.85. The number of nitrogens with one attached hydrogen (secondary N) is 1. The molecule has 0 aliphatic rings. The molecule has 0 saturated carbocycles. The summed E-state index contributed by atoms with van der Waals surface area (Å²) in [6, 6.07) is 0.424. The van der Waals surface area contributed by atoms with Gasteiger partial charge in [0.1, 0.15) is 0 Å². The van der Waals surface area contributed by atoms with Gasteiger partial charge in [-0.05, 0) is 21.0 Å². The second-order valence-corrected chi connectivity index (χ2v) is 4.30. The van der Waals surface area contributed by atoms with Crippen LogP contribution in [-0.2, 0) is 0 Å². The zero-order valence-corrected chi connectivity index (χ0v) is 9.27. The fourth-order valence-electron chi connectivity index (χ4n) is 1.04. The molecule has 13 heavy (non-hydrogen) atoms. The Balaban J connectivity index is 2.22. The van der Waals surface area contributed by atoms with Crippen LogP contribution in [0, 0.1) is 0 Å². The van der Waals surface area contributed by atoms with E-state index < -0.39 is 0 Å². The van der Waals surface area contributed by atoms with Crippen LogP contribution in [-0.4, -0.2) is 37.1 Å². The molecule has 0 saturated heterocycles. The fourth-order valence-corrected chi connectivity index (χ4v) is 1.70. The quantitative estimate of drug-likeness (QED) is 0.776. The summed E-state index contributed by atoms with van der Waals surface area (Å²) in [6.45, 7) is 4.26. The molecule has 0 amide bonds. The van der Waals surface area contributed by atoms with Gasteiger partial charge in [-0.1, -0.05) is 0 Å². The largest absolute Gasteiger partial charge is 0.308 e. The van der Waals surface area contributed by atoms with Crippen LogP contribution < -0.4 is 5.32 Å². The molecule has 1 atom stereocenters. The predicted molar refractivity (Wildman–Crippen MR) is 57.1 cm³/mol. The smallest absolute Gasteiger partial charge is 0.0794 e. The van der Waals surface area contributed by atoms with E-state index in [-0.39, 0.29) is 0 Å². The Bertz CT molecular complexity index is 221. The molecule has 0 fully saturated rings. The molecule has 1 rings (SSSR count). The molecule has 4 heteroatoms. The van der Waals surface area contributed by atoms with E-state index in [2.05, 4.69) is 36.2 Å². The van der Waals surface area contributed by atoms with Crippen LogP contribution in [0.25, 0.3) is 0 Å². The van der Waals surface area contributed by atoms with E-state index >= 15 is 0 Å². The maximum atomic E-state index is 4.05. The van der Waals surface area contributed by atoms with Gasteiger partial charge in [-0.15, -0.1) is 11.3 Å². The van der Waals surface area contributed by atoms with Gasteiger partial charge >= 0.3 is 0 Å². The Labute approximate surface area is 83.8 Å². The minimum atomic E-state index is 0.424. The van der Waals surface area contributed by atoms with Gasteiger partial charge < -0.3 is 10.2 Å². The van der Waals surface area contributed by atoms with Crippen molar-refractivity contribution in [1.82, 2.24) is 15.2 Å². The number of rotatable bonds is 5. The summed E-state index contributed by atoms with van der Waals surface area (Å²) in [5.74, 6) is 0. The van der Waals surface area contributed by atoms with Crippen molar-refractivity contribution in [1.29, 1.82) is 0 Å². The lowest BCUT2D eigenvalue weighted by Crippen LogP contribution is -2.28. The zero-order chi connectivity index (χ0) is 9.68. The molecule has 1 aromatic heterocycles. The summed E-state index contributed by atoms with van der Waals surface area (Å²) in [4.78, 5) is 7.53. The molecule has 1 heterocycles. The fraction of sp³-hybridized carbons (Fsp3) is 0.667. The molecule has 0 spiro atoms. The average molecular weight is 199 g/mol. The lowest BCUT2D eigenvalue weighted by Gasteiger charge is -2.14. The molecule has 0 aromatic carbocycles. The second-order valence-electron chi connectivity index (χ2n) is 3.38. The van der Waals surface area contributed by atoms with Gasteiger partial charge in [0.05, 0.1) is 5.51 Å². The van der Waals surface area contributed by atoms with E-state index in [0.717, 1.165) is 13.1 Å². The number of hydrogen-bond acceptors (Lipinski definition) is 4. The van der Waals surface area contributed by atoms with Crippen LogP contribution >= 0.6 is 11.3 Å². The molecule has 1 unspecified atom stereocenters. The van der Waals surface area contributed by atoms with Crippen molar-refractivity contribution in [2.24, 2.45) is 0 Å². The van der Waals surface area contributed by atoms with Crippen molar-refractivity contribution in [3.63, 3.8) is 0 Å². The van der Waals surface area contributed by atoms with Crippen LogP contribution in [0.15, 0.2) is 11.7 Å². The van der Waals surface area contributed by atoms with Crippen molar-refractivity contribution < 1.29 is 0 Å². The Morgan fingerprint density at radius 1 is 1.62 bits per heavy atom. The lowest BCUT2D eigenvalue weighted by atomic mass is 10.3. The maximum Gasteiger partial charge on any atom is 0.0794 e. The van der Waals surface area contributed by atoms with Gasteiger partial charge in [-0.3, -0.25) is 4.98 Å². The highest BCUT2D eigenvalue weighted by Crippen LogP contribution is 2.15. The molecule has 74 valence electrons. The third kappa shape index (κ3) is 3.85. The summed E-state index contributed by atoms with van der Waals surface area (Å²) in [6.07, 6.45) is 1.93. The van der Waals surface area contributed by atoms with Crippen molar-refractivity contribution in [3.8, 4) is 0 Å². The number of nitrogens with zero attached hydrogens (tertiary/aromatic N) is 2. The average Bonchev–Trinajstić information content (AvgIpc) is 2.55. The van der Waals surface area contributed by atoms with Crippen molar-refractivity contribution in [2.45, 2.75) is 13.0 Å². The Hall–Kier alpha value is -0.450. The lowest BCUT2D eigenvalue weighted by molar-refractivity contribution is 0.390. The molecule has 0 radical (unpaired) electrons. The van der Waals surface area contributed by atoms with Crippen LogP contribution in [0.5, 0.6) is 0 Å². The van der Waals surface area contributed by atoms with Crippen molar-refractivity contribution in [3.05, 3.63) is 16.6 Å². The molecular weight excluding hydrogens is 182 g/mol. The van der Waals surface area contributed by atoms with Gasteiger partial charge in [0.25, 0.3) is 0 Å². The molecule has 1 aromatic rings. The van der Waals surface area contributed by atoms with E-state index in [1.54, 1.807) is 11.3 Å². The molecule has 0 bridgehead atoms. The third-order valence-electron chi connectivity index (χ3n) is 1.89. The summed E-state index contributed by atoms with van der Waals surface area (Å²) in [5, 5.41) is 3.45. The van der Waals surface area contributed by atoms with E-state index in [1.165, 1.54) is 4.88 Å². The number of thiazole rings is 1. The first-order valence-electron chi connectivity index (χ1n) is 4.46. The SMILES string of the molecule is CC(NCCN(C)C)c1cncs1. The number of aromatic nitrogens is 1. The highest BCUT2D eigenvalue weighted by atomic mass is 32.1. The Kier molecular flexibility index (Phi) is 4.35. The first-order valence-corrected chi connectivity index (χ1v) is 5.34. The van der Waals surface area contributed by atoms with Crippen LogP contribution in [0.4, 0.5) is 0 Å². The number of hydrogen-bond donors (Lipinski definition) is 1. The summed E-state index contributed by atoms with van der Waals surface area (Å²) in [5.41, 5.74) is 1.87. The molecule has 0 aliphatic carbocycles. The number of likely N-dealkylation sites (N-methyl/N-ethyl adjacent to an activating group) is 1. The van der Waals surface area contributed by atoms with Gasteiger partial charge in [0, 0.05) is 30.2 Å². The molecule has 1 N–H and O–H groups in total. The van der Waals surface area contributed by atoms with Gasteiger partial charge in [-0.2, -0.15) is 0 Å². The summed E-state index contributed by atoms with van der Waals surface area (Å²) in [7, 11) is 4.16. The van der Waals surface area contributed by atoms with Crippen LogP contribution in [0.1, 0.15) is 17.8 Å². The van der Waals surface area contributed by atoms with Crippen molar-refractivity contribution in [2.75, 3.05) is 27.2 Å². The van der Waals surface area contributed by atoms with Gasteiger partial charge in [0.2, 0.25) is 0 Å². The van der Waals surface area contributed by atoms with E-state index in [0.29, 0.717) is 6.04 Å². The van der Waals surface area contributed by atoms with E-state index in [4.69, 9.17) is 0 Å². The highest BCUT2D eigenvalue weighted by Gasteiger charge is 2.04. The van der Waals surface area contributed by atoms with Gasteiger partial charge in [-0.25, -0.2) is 0 Å². The van der Waals surface area contributed by atoms with E-state index in [9.17, 15) is 0 Å². The maximum absolute atomic E-state index is 4.05. The summed E-state index contributed by atoms with van der Waals surface area (Å²) >= 11 is 1.70. The molecule has 3 nitrogen and oxygen atoms in total. The first kappa shape index (κ1) is 10.6. The first-order chi connectivity index (χ1) is 6.20. The Morgan fingerprint density at radius 2 is 2.38 bits per heavy atom. The normalized spacial score (nSPS) is 13.5. The Morgan fingerprint density at radius 3 is 2.92 bits per heavy atom. The summed E-state index contributed by atoms with van der Waals surface area (Å²) < 4.78 is 0. The monoisotopic (exact) mass is 199 g/mol. The van der Waals surface area contributed by atoms with E-state index in [1.807, 2.05) is 11.7 Å². The molecule has 0 aliphatic heterocycles. The van der Waals surface area contributed by atoms with Crippen LogP contribution in [0.2, 0.25) is 0 Å². The highest BCUT2D eigenvalue weighted by molar-refractivity contribution is 7.09. The topological polar surface area (TPSA) is 28.2 Å². The minimum absolute atomic E-state index is 0.424. The van der Waals surface area contributed by atoms with Crippen LogP contribution in [0.3, 0.4) is 0 Å². The molecular formula is C9H17N3S. The van der Waals surface area contributed by atoms with Crippen molar-refractivity contribution >= 4 is 11.3 Å². The van der Waals surface area contributed by atoms with Gasteiger partial charge in [0.15, 0.2) is 0 Å². The minimum Gasteiger partial charge on any atom is -0.308 e.